The molecule has 0 unspecified atom stereocenters. The number of alkyl halides is 1. The molecule has 0 N–H and O–H groups in total. The Labute approximate surface area is 124 Å². The molecule has 0 aliphatic carbocycles. The highest BCUT2D eigenvalue weighted by atomic mass is 79.9. The molecule has 0 radical (unpaired) electrons. The lowest BCUT2D eigenvalue weighted by molar-refractivity contribution is 0.378. The molecule has 1 heterocycles. The molecule has 1 aliphatic heterocycles. The molecule has 0 amide bonds. The third-order valence-corrected chi connectivity index (χ3v) is 4.81. The topological polar surface area (TPSA) is 3.24 Å². The van der Waals surface area contributed by atoms with E-state index < -0.39 is 0 Å². The van der Waals surface area contributed by atoms with Crippen LogP contribution in [0.25, 0.3) is 0 Å². The number of hydrogen-bond acceptors (Lipinski definition) is 1. The van der Waals surface area contributed by atoms with E-state index in [1.165, 1.54) is 50.0 Å². The van der Waals surface area contributed by atoms with Gasteiger partial charge >= 0.3 is 0 Å². The summed E-state index contributed by atoms with van der Waals surface area (Å²) in [6, 6.07) is 6.44. The maximum Gasteiger partial charge on any atom is 0.0467 e. The summed E-state index contributed by atoms with van der Waals surface area (Å²) in [7, 11) is 0. The van der Waals surface area contributed by atoms with E-state index >= 15 is 0 Å². The molecule has 1 aliphatic rings. The van der Waals surface area contributed by atoms with Gasteiger partial charge in [-0.15, -0.1) is 0 Å². The van der Waals surface area contributed by atoms with Crippen LogP contribution in [-0.2, 0) is 5.33 Å². The van der Waals surface area contributed by atoms with Gasteiger partial charge in [0, 0.05) is 29.1 Å². The zero-order valence-electron chi connectivity index (χ0n) is 11.0. The third-order valence-electron chi connectivity index (χ3n) is 3.86. The molecule has 1 fully saturated rings. The molecule has 0 atom stereocenters. The lowest BCUT2D eigenvalue weighted by Crippen LogP contribution is -2.33. The summed E-state index contributed by atoms with van der Waals surface area (Å²) >= 11 is 9.73. The van der Waals surface area contributed by atoms with Crippen LogP contribution >= 0.6 is 27.5 Å². The molecule has 1 nitrogen and oxygen atoms in total. The molecule has 1 aromatic rings. The van der Waals surface area contributed by atoms with Gasteiger partial charge in [0.15, 0.2) is 0 Å². The summed E-state index contributed by atoms with van der Waals surface area (Å²) in [6.07, 6.45) is 5.35. The van der Waals surface area contributed by atoms with Crippen LogP contribution in [0.4, 0.5) is 5.69 Å². The molecule has 2 rings (SSSR count). The first kappa shape index (κ1) is 14.2. The number of nitrogens with zero attached hydrogens (tertiary/aromatic N) is 1. The summed E-state index contributed by atoms with van der Waals surface area (Å²) in [5.41, 5.74) is 2.45. The number of piperidine rings is 1. The highest BCUT2D eigenvalue weighted by molar-refractivity contribution is 9.08. The van der Waals surface area contributed by atoms with E-state index in [9.17, 15) is 0 Å². The number of rotatable bonds is 4. The Kier molecular flexibility index (Phi) is 5.38. The van der Waals surface area contributed by atoms with E-state index in [0.29, 0.717) is 0 Å². The Bertz CT molecular complexity index is 386. The number of halogens is 2. The second-order valence-corrected chi connectivity index (χ2v) is 6.10. The van der Waals surface area contributed by atoms with E-state index in [4.69, 9.17) is 11.6 Å². The Hall–Kier alpha value is -0.210. The molecule has 0 saturated carbocycles. The highest BCUT2D eigenvalue weighted by Crippen LogP contribution is 2.29. The van der Waals surface area contributed by atoms with E-state index in [0.717, 1.165) is 16.3 Å². The van der Waals surface area contributed by atoms with Gasteiger partial charge in [-0.05, 0) is 36.5 Å². The van der Waals surface area contributed by atoms with Gasteiger partial charge in [-0.3, -0.25) is 0 Å². The van der Waals surface area contributed by atoms with Crippen LogP contribution in [0.1, 0.15) is 38.2 Å². The Morgan fingerprint density at radius 2 is 2.06 bits per heavy atom. The van der Waals surface area contributed by atoms with Crippen molar-refractivity contribution >= 4 is 33.2 Å². The first-order valence-corrected chi connectivity index (χ1v) is 8.34. The van der Waals surface area contributed by atoms with Crippen LogP contribution in [-0.4, -0.2) is 13.1 Å². The van der Waals surface area contributed by atoms with Crippen LogP contribution in [0.15, 0.2) is 18.2 Å². The van der Waals surface area contributed by atoms with Crippen LogP contribution in [0.2, 0.25) is 5.02 Å². The lowest BCUT2D eigenvalue weighted by atomic mass is 9.92. The molecule has 100 valence electrons. The molecule has 1 aromatic carbocycles. The van der Waals surface area contributed by atoms with Crippen LogP contribution in [0.5, 0.6) is 0 Å². The molecular weight excluding hydrogens is 310 g/mol. The van der Waals surface area contributed by atoms with E-state index in [2.05, 4.69) is 46.0 Å². The van der Waals surface area contributed by atoms with E-state index in [1.807, 2.05) is 0 Å². The van der Waals surface area contributed by atoms with Crippen molar-refractivity contribution < 1.29 is 0 Å². The fraction of sp³-hybridized carbons (Fsp3) is 0.600. The Balaban J connectivity index is 1.99. The van der Waals surface area contributed by atoms with Gasteiger partial charge in [-0.25, -0.2) is 0 Å². The monoisotopic (exact) mass is 329 g/mol. The van der Waals surface area contributed by atoms with Crippen molar-refractivity contribution in [3.8, 4) is 0 Å². The van der Waals surface area contributed by atoms with Gasteiger partial charge < -0.3 is 4.90 Å². The number of hydrogen-bond donors (Lipinski definition) is 0. The summed E-state index contributed by atoms with van der Waals surface area (Å²) in [5, 5.41) is 1.70. The molecular formula is C15H21BrClN. The fourth-order valence-corrected chi connectivity index (χ4v) is 3.62. The minimum Gasteiger partial charge on any atom is -0.371 e. The number of benzene rings is 1. The SMILES string of the molecule is CCCC1CCN(c2ccc(CBr)c(Cl)c2)CC1. The summed E-state index contributed by atoms with van der Waals surface area (Å²) in [4.78, 5) is 2.47. The zero-order valence-corrected chi connectivity index (χ0v) is 13.3. The van der Waals surface area contributed by atoms with Crippen molar-refractivity contribution in [3.63, 3.8) is 0 Å². The second-order valence-electron chi connectivity index (χ2n) is 5.13. The standard InChI is InChI=1S/C15H21BrClN/c1-2-3-12-6-8-18(9-7-12)14-5-4-13(11-16)15(17)10-14/h4-5,10,12H,2-3,6-9,11H2,1H3. The summed E-state index contributed by atoms with van der Waals surface area (Å²) in [5.74, 6) is 0.934. The smallest absolute Gasteiger partial charge is 0.0467 e. The summed E-state index contributed by atoms with van der Waals surface area (Å²) < 4.78 is 0. The molecule has 0 spiro atoms. The second kappa shape index (κ2) is 6.81. The van der Waals surface area contributed by atoms with Gasteiger partial charge in [-0.2, -0.15) is 0 Å². The Morgan fingerprint density at radius 3 is 2.61 bits per heavy atom. The van der Waals surface area contributed by atoms with Gasteiger partial charge in [0.1, 0.15) is 0 Å². The van der Waals surface area contributed by atoms with Gasteiger partial charge in [-0.1, -0.05) is 53.4 Å². The molecule has 0 bridgehead atoms. The normalized spacial score (nSPS) is 17.2. The van der Waals surface area contributed by atoms with Crippen LogP contribution < -0.4 is 4.90 Å². The van der Waals surface area contributed by atoms with Gasteiger partial charge in [0.2, 0.25) is 0 Å². The average molecular weight is 331 g/mol. The van der Waals surface area contributed by atoms with Gasteiger partial charge in [0.25, 0.3) is 0 Å². The molecule has 0 aromatic heterocycles. The highest BCUT2D eigenvalue weighted by Gasteiger charge is 2.19. The zero-order chi connectivity index (χ0) is 13.0. The first-order chi connectivity index (χ1) is 8.74. The van der Waals surface area contributed by atoms with Crippen molar-refractivity contribution in [1.82, 2.24) is 0 Å². The number of anilines is 1. The van der Waals surface area contributed by atoms with Crippen molar-refractivity contribution in [3.05, 3.63) is 28.8 Å². The third kappa shape index (κ3) is 3.42. The predicted octanol–water partition coefficient (Wildman–Crippen LogP) is 5.25. The Morgan fingerprint density at radius 1 is 1.33 bits per heavy atom. The molecule has 1 saturated heterocycles. The summed E-state index contributed by atoms with van der Waals surface area (Å²) in [6.45, 7) is 4.63. The quantitative estimate of drug-likeness (QED) is 0.681. The van der Waals surface area contributed by atoms with Crippen molar-refractivity contribution in [2.24, 2.45) is 5.92 Å². The minimum absolute atomic E-state index is 0.824. The predicted molar refractivity (Wildman–Crippen MR) is 83.9 cm³/mol. The van der Waals surface area contributed by atoms with Crippen LogP contribution in [0, 0.1) is 5.92 Å². The fourth-order valence-electron chi connectivity index (χ4n) is 2.73. The van der Waals surface area contributed by atoms with Gasteiger partial charge in [0.05, 0.1) is 0 Å². The maximum absolute atomic E-state index is 6.27. The first-order valence-electron chi connectivity index (χ1n) is 6.84. The molecule has 18 heavy (non-hydrogen) atoms. The van der Waals surface area contributed by atoms with E-state index in [-0.39, 0.29) is 0 Å². The van der Waals surface area contributed by atoms with E-state index in [1.54, 1.807) is 0 Å². The van der Waals surface area contributed by atoms with Crippen molar-refractivity contribution in [2.75, 3.05) is 18.0 Å². The molecule has 3 heteroatoms. The van der Waals surface area contributed by atoms with Crippen LogP contribution in [0.3, 0.4) is 0 Å². The lowest BCUT2D eigenvalue weighted by Gasteiger charge is -2.33. The van der Waals surface area contributed by atoms with Crippen molar-refractivity contribution in [2.45, 2.75) is 37.9 Å². The largest absolute Gasteiger partial charge is 0.371 e. The average Bonchev–Trinajstić information content (AvgIpc) is 2.40. The minimum atomic E-state index is 0.824. The maximum atomic E-state index is 6.27. The van der Waals surface area contributed by atoms with Crippen molar-refractivity contribution in [1.29, 1.82) is 0 Å².